The molecule has 0 unspecified atom stereocenters. The summed E-state index contributed by atoms with van der Waals surface area (Å²) in [6.45, 7) is 8.10. The molecular weight excluding hydrogens is 412 g/mol. The van der Waals surface area contributed by atoms with Crippen LogP contribution in [-0.4, -0.2) is 62.4 Å². The number of fused-ring (bicyclic) bond motifs is 3. The maximum Gasteiger partial charge on any atom is 0.410 e. The lowest BCUT2D eigenvalue weighted by Gasteiger charge is -2.36. The number of rotatable bonds is 1. The normalized spacial score (nSPS) is 15.6. The third-order valence-corrected chi connectivity index (χ3v) is 4.90. The Bertz CT molecular complexity index is 1000. The van der Waals surface area contributed by atoms with Gasteiger partial charge in [-0.15, -0.1) is 10.2 Å². The minimum Gasteiger partial charge on any atom is -0.444 e. The molecule has 0 saturated carbocycles. The van der Waals surface area contributed by atoms with Gasteiger partial charge in [0, 0.05) is 30.7 Å². The Labute approximate surface area is 165 Å². The number of nitrogens with zero attached hydrogens (tertiary/aromatic N) is 6. The molecule has 1 aliphatic heterocycles. The molecule has 1 aliphatic rings. The van der Waals surface area contributed by atoms with Crippen molar-refractivity contribution in [1.82, 2.24) is 24.5 Å². The van der Waals surface area contributed by atoms with E-state index >= 15 is 0 Å². The van der Waals surface area contributed by atoms with Crippen molar-refractivity contribution in [2.45, 2.75) is 26.4 Å². The van der Waals surface area contributed by atoms with Crippen LogP contribution in [0.15, 0.2) is 29.0 Å². The van der Waals surface area contributed by atoms with Gasteiger partial charge in [-0.1, -0.05) is 15.9 Å². The summed E-state index contributed by atoms with van der Waals surface area (Å²) >= 11 is 3.50. The van der Waals surface area contributed by atoms with E-state index in [0.29, 0.717) is 26.2 Å². The molecule has 1 amide bonds. The number of benzene rings is 1. The highest BCUT2D eigenvalue weighted by molar-refractivity contribution is 9.10. The quantitative estimate of drug-likeness (QED) is 0.587. The number of carbonyl (C=O) groups is 1. The number of anilines is 1. The molecule has 3 heterocycles. The Morgan fingerprint density at radius 3 is 2.63 bits per heavy atom. The molecule has 142 valence electrons. The summed E-state index contributed by atoms with van der Waals surface area (Å²) < 4.78 is 8.38. The van der Waals surface area contributed by atoms with Crippen LogP contribution < -0.4 is 4.90 Å². The summed E-state index contributed by atoms with van der Waals surface area (Å²) in [7, 11) is 0. The van der Waals surface area contributed by atoms with Gasteiger partial charge in [-0.2, -0.15) is 0 Å². The first-order valence-electron chi connectivity index (χ1n) is 8.84. The lowest BCUT2D eigenvalue weighted by atomic mass is 10.2. The molecular formula is C18H21BrN6O2. The highest BCUT2D eigenvalue weighted by Crippen LogP contribution is 2.26. The van der Waals surface area contributed by atoms with E-state index in [9.17, 15) is 4.79 Å². The zero-order chi connectivity index (χ0) is 19.2. The molecule has 0 aliphatic carbocycles. The van der Waals surface area contributed by atoms with Gasteiger partial charge in [0.25, 0.3) is 0 Å². The van der Waals surface area contributed by atoms with Gasteiger partial charge in [-0.05, 0) is 39.0 Å². The first-order chi connectivity index (χ1) is 12.8. The molecule has 9 heteroatoms. The van der Waals surface area contributed by atoms with Crippen LogP contribution in [0, 0.1) is 0 Å². The van der Waals surface area contributed by atoms with Gasteiger partial charge in [0.15, 0.2) is 5.82 Å². The fraction of sp³-hybridized carbons (Fsp3) is 0.444. The minimum absolute atomic E-state index is 0.273. The lowest BCUT2D eigenvalue weighted by molar-refractivity contribution is 0.0240. The molecule has 2 aromatic heterocycles. The molecule has 0 atom stereocenters. The standard InChI is InChI=1S/C18H21BrN6O2/c1-18(2,3)27-17(26)24-8-6-23(7-9-24)15-16-22-20-11-25(16)14-5-4-12(19)10-13(14)21-15/h4-5,10-11H,6-9H2,1-3H3. The number of hydrogen-bond acceptors (Lipinski definition) is 6. The Morgan fingerprint density at radius 2 is 1.93 bits per heavy atom. The molecule has 0 radical (unpaired) electrons. The monoisotopic (exact) mass is 432 g/mol. The largest absolute Gasteiger partial charge is 0.444 e. The fourth-order valence-corrected chi connectivity index (χ4v) is 3.51. The van der Waals surface area contributed by atoms with Crippen molar-refractivity contribution < 1.29 is 9.53 Å². The van der Waals surface area contributed by atoms with Crippen LogP contribution in [0.4, 0.5) is 10.6 Å². The van der Waals surface area contributed by atoms with Crippen LogP contribution in [-0.2, 0) is 4.74 Å². The molecule has 4 rings (SSSR count). The molecule has 1 aromatic carbocycles. The van der Waals surface area contributed by atoms with Crippen LogP contribution in [0.2, 0.25) is 0 Å². The van der Waals surface area contributed by atoms with Crippen LogP contribution in [0.1, 0.15) is 20.8 Å². The van der Waals surface area contributed by atoms with Crippen LogP contribution >= 0.6 is 15.9 Å². The summed E-state index contributed by atoms with van der Waals surface area (Å²) in [5, 5.41) is 8.32. The molecule has 0 bridgehead atoms. The molecule has 8 nitrogen and oxygen atoms in total. The van der Waals surface area contributed by atoms with Crippen LogP contribution in [0.3, 0.4) is 0 Å². The minimum atomic E-state index is -0.491. The van der Waals surface area contributed by atoms with Gasteiger partial charge in [0.1, 0.15) is 11.9 Å². The summed E-state index contributed by atoms with van der Waals surface area (Å²) in [6.07, 6.45) is 1.43. The van der Waals surface area contributed by atoms with E-state index in [4.69, 9.17) is 9.72 Å². The van der Waals surface area contributed by atoms with Gasteiger partial charge in [0.2, 0.25) is 5.65 Å². The SMILES string of the molecule is CC(C)(C)OC(=O)N1CCN(c2nc3cc(Br)ccc3n3cnnc23)CC1. The number of piperazine rings is 1. The number of carbonyl (C=O) groups excluding carboxylic acids is 1. The summed E-state index contributed by atoms with van der Waals surface area (Å²) in [4.78, 5) is 21.0. The molecule has 3 aromatic rings. The van der Waals surface area contributed by atoms with Gasteiger partial charge < -0.3 is 14.5 Å². The predicted octanol–water partition coefficient (Wildman–Crippen LogP) is 3.10. The second-order valence-electron chi connectivity index (χ2n) is 7.55. The van der Waals surface area contributed by atoms with Gasteiger partial charge in [-0.3, -0.25) is 4.40 Å². The predicted molar refractivity (Wildman–Crippen MR) is 106 cm³/mol. The molecule has 0 N–H and O–H groups in total. The van der Waals surface area contributed by atoms with E-state index in [-0.39, 0.29) is 6.09 Å². The third-order valence-electron chi connectivity index (χ3n) is 4.40. The average Bonchev–Trinajstić information content (AvgIpc) is 3.09. The van der Waals surface area contributed by atoms with Crippen molar-refractivity contribution >= 4 is 44.5 Å². The maximum atomic E-state index is 12.3. The topological polar surface area (TPSA) is 75.9 Å². The number of hydrogen-bond donors (Lipinski definition) is 0. The van der Waals surface area contributed by atoms with Crippen molar-refractivity contribution in [2.75, 3.05) is 31.1 Å². The van der Waals surface area contributed by atoms with E-state index in [1.165, 1.54) is 0 Å². The zero-order valence-corrected chi connectivity index (χ0v) is 17.1. The molecule has 0 spiro atoms. The Balaban J connectivity index is 1.60. The van der Waals surface area contributed by atoms with E-state index in [1.807, 2.05) is 43.4 Å². The number of halogens is 1. The van der Waals surface area contributed by atoms with Crippen LogP contribution in [0.25, 0.3) is 16.7 Å². The maximum absolute atomic E-state index is 12.3. The van der Waals surface area contributed by atoms with Gasteiger partial charge in [-0.25, -0.2) is 9.78 Å². The molecule has 27 heavy (non-hydrogen) atoms. The lowest BCUT2D eigenvalue weighted by Crippen LogP contribution is -2.50. The number of amides is 1. The molecule has 1 saturated heterocycles. The van der Waals surface area contributed by atoms with Crippen molar-refractivity contribution in [2.24, 2.45) is 0 Å². The average molecular weight is 433 g/mol. The Hall–Kier alpha value is -2.42. The first-order valence-corrected chi connectivity index (χ1v) is 9.63. The van der Waals surface area contributed by atoms with E-state index in [1.54, 1.807) is 11.2 Å². The van der Waals surface area contributed by atoms with Gasteiger partial charge in [0.05, 0.1) is 11.0 Å². The first kappa shape index (κ1) is 18.0. The highest BCUT2D eigenvalue weighted by Gasteiger charge is 2.27. The Kier molecular flexibility index (Phi) is 4.41. The highest BCUT2D eigenvalue weighted by atomic mass is 79.9. The van der Waals surface area contributed by atoms with E-state index in [2.05, 4.69) is 31.0 Å². The van der Waals surface area contributed by atoms with Crippen LogP contribution in [0.5, 0.6) is 0 Å². The Morgan fingerprint density at radius 1 is 1.19 bits per heavy atom. The van der Waals surface area contributed by atoms with Crippen molar-refractivity contribution in [1.29, 1.82) is 0 Å². The number of aromatic nitrogens is 4. The zero-order valence-electron chi connectivity index (χ0n) is 15.5. The third kappa shape index (κ3) is 3.55. The van der Waals surface area contributed by atoms with Crippen molar-refractivity contribution in [3.8, 4) is 0 Å². The molecule has 1 fully saturated rings. The summed E-state index contributed by atoms with van der Waals surface area (Å²) in [6, 6.07) is 5.95. The fourth-order valence-electron chi connectivity index (χ4n) is 3.16. The van der Waals surface area contributed by atoms with Gasteiger partial charge >= 0.3 is 6.09 Å². The van der Waals surface area contributed by atoms with E-state index in [0.717, 1.165) is 27.0 Å². The summed E-state index contributed by atoms with van der Waals surface area (Å²) in [5.41, 5.74) is 2.04. The smallest absolute Gasteiger partial charge is 0.410 e. The van der Waals surface area contributed by atoms with Crippen molar-refractivity contribution in [3.05, 3.63) is 29.0 Å². The second-order valence-corrected chi connectivity index (χ2v) is 8.46. The second kappa shape index (κ2) is 6.63. The number of ether oxygens (including phenoxy) is 1. The van der Waals surface area contributed by atoms with E-state index < -0.39 is 5.60 Å². The summed E-state index contributed by atoms with van der Waals surface area (Å²) in [5.74, 6) is 0.780. The van der Waals surface area contributed by atoms with Crippen molar-refractivity contribution in [3.63, 3.8) is 0 Å².